The first-order valence-electron chi connectivity index (χ1n) is 18.3. The minimum Gasteiger partial charge on any atom is -0.489 e. The number of halogens is 4. The van der Waals surface area contributed by atoms with Crippen LogP contribution in [0.5, 0.6) is 5.75 Å². The molecule has 0 radical (unpaired) electrons. The molecule has 1 unspecified atom stereocenters. The van der Waals surface area contributed by atoms with Crippen molar-refractivity contribution in [3.05, 3.63) is 77.1 Å². The molecule has 8 rings (SSSR count). The Kier molecular flexibility index (Phi) is 9.89. The lowest BCUT2D eigenvalue weighted by Gasteiger charge is -2.33. The van der Waals surface area contributed by atoms with Gasteiger partial charge in [-0.05, 0) is 68.9 Å². The molecule has 3 amide bonds. The van der Waals surface area contributed by atoms with Crippen LogP contribution in [-0.2, 0) is 27.1 Å². The number of thiocarbonyl (C=S) groups is 1. The van der Waals surface area contributed by atoms with Gasteiger partial charge in [0.15, 0.2) is 27.8 Å². The van der Waals surface area contributed by atoms with Crippen molar-refractivity contribution < 1.29 is 45.6 Å². The van der Waals surface area contributed by atoms with Crippen molar-refractivity contribution >= 4 is 68.5 Å². The van der Waals surface area contributed by atoms with E-state index in [1.807, 2.05) is 0 Å². The smallest absolute Gasteiger partial charge is 0.417 e. The van der Waals surface area contributed by atoms with Crippen molar-refractivity contribution in [3.8, 4) is 11.8 Å². The summed E-state index contributed by atoms with van der Waals surface area (Å²) in [6.45, 7) is 7.12. The van der Waals surface area contributed by atoms with Crippen LogP contribution in [0.2, 0.25) is 0 Å². The van der Waals surface area contributed by atoms with Crippen LogP contribution < -0.4 is 19.9 Å². The molecule has 0 saturated carbocycles. The van der Waals surface area contributed by atoms with Gasteiger partial charge in [-0.25, -0.2) is 9.37 Å². The average Bonchev–Trinajstić information content (AvgIpc) is 3.82. The van der Waals surface area contributed by atoms with Crippen LogP contribution in [-0.4, -0.2) is 87.6 Å². The molecule has 58 heavy (non-hydrogen) atoms. The van der Waals surface area contributed by atoms with Crippen molar-refractivity contribution in [2.45, 2.75) is 50.9 Å². The molecule has 3 aliphatic rings. The number of nitrogens with zero attached hydrogens (tertiary/aromatic N) is 7. The second-order valence-corrected chi connectivity index (χ2v) is 15.1. The van der Waals surface area contributed by atoms with E-state index in [0.717, 1.165) is 30.1 Å². The molecule has 5 aromatic rings. The first-order valence-corrected chi connectivity index (χ1v) is 18.7. The van der Waals surface area contributed by atoms with E-state index in [1.165, 1.54) is 43.0 Å². The van der Waals surface area contributed by atoms with Gasteiger partial charge in [-0.3, -0.25) is 34.4 Å². The molecule has 3 aliphatic heterocycles. The average molecular weight is 819 g/mol. The van der Waals surface area contributed by atoms with Gasteiger partial charge in [0.2, 0.25) is 17.7 Å². The molecular weight excluding hydrogens is 785 g/mol. The summed E-state index contributed by atoms with van der Waals surface area (Å²) in [4.78, 5) is 49.0. The first kappa shape index (κ1) is 38.9. The number of amides is 3. The molecule has 3 saturated heterocycles. The number of carbonyl (C=O) groups is 3. The third-order valence-electron chi connectivity index (χ3n) is 10.6. The van der Waals surface area contributed by atoms with Crippen LogP contribution in [0.3, 0.4) is 0 Å². The fraction of sp³-hybridized carbons (Fsp3) is 0.359. The predicted molar refractivity (Wildman–Crippen MR) is 203 cm³/mol. The number of imide groups is 1. The Labute approximate surface area is 332 Å². The number of piperazine rings is 1. The Hall–Kier alpha value is -5.97. The van der Waals surface area contributed by atoms with Gasteiger partial charge in [0.25, 0.3) is 5.91 Å². The van der Waals surface area contributed by atoms with Crippen molar-refractivity contribution in [2.75, 3.05) is 49.1 Å². The standard InChI is InChI=1S/C39H34F4N8O6S/c1-38(2)36(54)50(22-4-3-21(19-44)26(15-22)39(41,42)43)37(58)51(38)23-5-7-29(27(40)16-23)55-14-13-48-9-11-49(12-10-48)20-33-45-28-17-25-30(18-31(28)56-33)57-47-34(25)24-6-8-32(52)46-35(24)53/h3-5,7,15-18,24H,6,8-14,20H2,1-2H3,(H,46,52,53). The molecule has 0 bridgehead atoms. The normalized spacial score (nSPS) is 19.4. The summed E-state index contributed by atoms with van der Waals surface area (Å²) in [6.07, 6.45) is -4.27. The van der Waals surface area contributed by atoms with Gasteiger partial charge in [0, 0.05) is 62.4 Å². The molecule has 5 heterocycles. The van der Waals surface area contributed by atoms with E-state index < -0.39 is 46.4 Å². The lowest BCUT2D eigenvalue weighted by Crippen LogP contribution is -2.47. The number of ether oxygens (including phenoxy) is 1. The first-order chi connectivity index (χ1) is 27.6. The van der Waals surface area contributed by atoms with Crippen LogP contribution >= 0.6 is 12.2 Å². The maximum absolute atomic E-state index is 15.4. The number of nitriles is 1. The molecule has 2 aromatic heterocycles. The summed E-state index contributed by atoms with van der Waals surface area (Å²) in [5.74, 6) is -2.13. The van der Waals surface area contributed by atoms with E-state index in [0.29, 0.717) is 72.3 Å². The maximum atomic E-state index is 15.4. The minimum atomic E-state index is -4.84. The molecule has 1 atom stereocenters. The highest BCUT2D eigenvalue weighted by molar-refractivity contribution is 7.81. The molecule has 3 fully saturated rings. The Bertz CT molecular complexity index is 2540. The number of hydrogen-bond acceptors (Lipinski definition) is 12. The van der Waals surface area contributed by atoms with Crippen molar-refractivity contribution in [3.63, 3.8) is 0 Å². The Balaban J connectivity index is 0.853. The molecule has 3 aromatic carbocycles. The summed E-state index contributed by atoms with van der Waals surface area (Å²) >= 11 is 5.56. The summed E-state index contributed by atoms with van der Waals surface area (Å²) in [5, 5.41) is 16.1. The SMILES string of the molecule is CC1(C)C(=O)N(c2ccc(C#N)c(C(F)(F)F)c2)C(=S)N1c1ccc(OCCN2CCN(Cc3nc4cc5c(C6CCC(=O)NC6=O)noc5cc4o3)CC2)c(F)c1. The topological polar surface area (TPSA) is 161 Å². The fourth-order valence-electron chi connectivity index (χ4n) is 7.55. The monoisotopic (exact) mass is 818 g/mol. The van der Waals surface area contributed by atoms with Gasteiger partial charge >= 0.3 is 6.18 Å². The number of aromatic nitrogens is 2. The lowest BCUT2D eigenvalue weighted by atomic mass is 9.93. The number of oxazole rings is 1. The second kappa shape index (κ2) is 14.8. The summed E-state index contributed by atoms with van der Waals surface area (Å²) in [6, 6.07) is 12.0. The largest absolute Gasteiger partial charge is 0.489 e. The van der Waals surface area contributed by atoms with E-state index in [-0.39, 0.29) is 41.2 Å². The van der Waals surface area contributed by atoms with Gasteiger partial charge in [0.05, 0.1) is 35.3 Å². The summed E-state index contributed by atoms with van der Waals surface area (Å²) in [5.41, 5.74) is -1.09. The van der Waals surface area contributed by atoms with Gasteiger partial charge in [-0.1, -0.05) is 5.16 Å². The number of alkyl halides is 3. The quantitative estimate of drug-likeness (QED) is 0.111. The maximum Gasteiger partial charge on any atom is 0.417 e. The van der Waals surface area contributed by atoms with Crippen LogP contribution in [0.1, 0.15) is 55.3 Å². The Morgan fingerprint density at radius 2 is 1.76 bits per heavy atom. The minimum absolute atomic E-state index is 0.0155. The number of piperidine rings is 1. The van der Waals surface area contributed by atoms with Crippen molar-refractivity contribution in [2.24, 2.45) is 0 Å². The van der Waals surface area contributed by atoms with E-state index in [9.17, 15) is 32.8 Å². The molecule has 300 valence electrons. The lowest BCUT2D eigenvalue weighted by molar-refractivity contribution is -0.138. The van der Waals surface area contributed by atoms with Crippen LogP contribution in [0, 0.1) is 17.1 Å². The zero-order valence-corrected chi connectivity index (χ0v) is 31.9. The molecule has 0 spiro atoms. The van der Waals surface area contributed by atoms with E-state index in [4.69, 9.17) is 25.9 Å². The molecule has 1 N–H and O–H groups in total. The number of benzene rings is 3. The highest BCUT2D eigenvalue weighted by Gasteiger charge is 2.51. The Morgan fingerprint density at radius 3 is 2.47 bits per heavy atom. The van der Waals surface area contributed by atoms with Gasteiger partial charge in [0.1, 0.15) is 23.4 Å². The highest BCUT2D eigenvalue weighted by atomic mass is 32.1. The van der Waals surface area contributed by atoms with Crippen molar-refractivity contribution in [1.82, 2.24) is 25.3 Å². The zero-order chi connectivity index (χ0) is 41.1. The number of fused-ring (bicyclic) bond motifs is 2. The van der Waals surface area contributed by atoms with Crippen LogP contribution in [0.4, 0.5) is 28.9 Å². The van der Waals surface area contributed by atoms with Crippen molar-refractivity contribution in [1.29, 1.82) is 5.26 Å². The third kappa shape index (κ3) is 7.11. The number of nitrogens with one attached hydrogen (secondary N) is 1. The molecule has 0 aliphatic carbocycles. The summed E-state index contributed by atoms with van der Waals surface area (Å²) in [7, 11) is 0. The zero-order valence-electron chi connectivity index (χ0n) is 31.1. The van der Waals surface area contributed by atoms with Gasteiger partial charge in [-0.2, -0.15) is 18.4 Å². The van der Waals surface area contributed by atoms with E-state index in [1.54, 1.807) is 12.1 Å². The van der Waals surface area contributed by atoms with E-state index >= 15 is 4.39 Å². The fourth-order valence-corrected chi connectivity index (χ4v) is 8.07. The number of anilines is 2. The molecule has 14 nitrogen and oxygen atoms in total. The van der Waals surface area contributed by atoms with E-state index in [2.05, 4.69) is 25.3 Å². The predicted octanol–water partition coefficient (Wildman–Crippen LogP) is 5.63. The second-order valence-electron chi connectivity index (χ2n) is 14.7. The molecule has 19 heteroatoms. The van der Waals surface area contributed by atoms with Crippen LogP contribution in [0.25, 0.3) is 22.1 Å². The third-order valence-corrected chi connectivity index (χ3v) is 11.0. The van der Waals surface area contributed by atoms with Gasteiger partial charge in [-0.15, -0.1) is 0 Å². The number of carbonyl (C=O) groups excluding carboxylic acids is 3. The number of hydrogen-bond donors (Lipinski definition) is 1. The Morgan fingerprint density at radius 1 is 1.02 bits per heavy atom. The molecular formula is C39H34F4N8O6S. The summed E-state index contributed by atoms with van der Waals surface area (Å²) < 4.78 is 73.8. The van der Waals surface area contributed by atoms with Gasteiger partial charge < -0.3 is 18.6 Å². The number of rotatable bonds is 9. The van der Waals surface area contributed by atoms with Crippen LogP contribution in [0.15, 0.2) is 57.5 Å². The highest BCUT2D eigenvalue weighted by Crippen LogP contribution is 2.40.